The molecule has 0 atom stereocenters. The average Bonchev–Trinajstić information content (AvgIpc) is 2.76. The fourth-order valence-electron chi connectivity index (χ4n) is 3.39. The zero-order valence-corrected chi connectivity index (χ0v) is 17.1. The Hall–Kier alpha value is -3.61. The van der Waals surface area contributed by atoms with Gasteiger partial charge < -0.3 is 4.90 Å². The molecule has 5 nitrogen and oxygen atoms in total. The Labute approximate surface area is 179 Å². The number of hydrogen-bond donors (Lipinski definition) is 0. The lowest BCUT2D eigenvalue weighted by atomic mass is 10.00. The number of rotatable bonds is 8. The molecular weight excluding hydrogens is 402 g/mol. The molecule has 0 N–H and O–H groups in total. The van der Waals surface area contributed by atoms with E-state index in [1.807, 2.05) is 0 Å². The van der Waals surface area contributed by atoms with Crippen molar-refractivity contribution in [3.63, 3.8) is 0 Å². The van der Waals surface area contributed by atoms with Crippen LogP contribution >= 0.6 is 0 Å². The minimum Gasteiger partial charge on any atom is -0.337 e. The molecule has 0 fully saturated rings. The second kappa shape index (κ2) is 9.93. The number of carbonyl (C=O) groups excluding carboxylic acids is 1. The van der Waals surface area contributed by atoms with Crippen LogP contribution < -0.4 is 0 Å². The number of amides is 1. The van der Waals surface area contributed by atoms with Gasteiger partial charge in [0.1, 0.15) is 11.6 Å². The molecule has 3 rings (SSSR count). The predicted molar refractivity (Wildman–Crippen MR) is 114 cm³/mol. The molecule has 0 aliphatic carbocycles. The summed E-state index contributed by atoms with van der Waals surface area (Å²) in [5, 5.41) is 11.4. The van der Waals surface area contributed by atoms with E-state index in [4.69, 9.17) is 0 Å². The highest BCUT2D eigenvalue weighted by molar-refractivity contribution is 5.94. The van der Waals surface area contributed by atoms with Gasteiger partial charge >= 0.3 is 0 Å². The maximum absolute atomic E-state index is 13.1. The second-order valence-electron chi connectivity index (χ2n) is 7.37. The number of nitro groups is 1. The van der Waals surface area contributed by atoms with Gasteiger partial charge in [-0.25, -0.2) is 8.78 Å². The van der Waals surface area contributed by atoms with Crippen molar-refractivity contribution in [2.45, 2.75) is 25.8 Å². The van der Waals surface area contributed by atoms with Gasteiger partial charge in [-0.15, -0.1) is 0 Å². The van der Waals surface area contributed by atoms with Crippen LogP contribution in [-0.4, -0.2) is 22.8 Å². The van der Waals surface area contributed by atoms with Crippen LogP contribution in [0.2, 0.25) is 0 Å². The van der Waals surface area contributed by atoms with E-state index >= 15 is 0 Å². The van der Waals surface area contributed by atoms with Gasteiger partial charge in [0, 0.05) is 30.8 Å². The smallest absolute Gasteiger partial charge is 0.272 e. The molecule has 160 valence electrons. The van der Waals surface area contributed by atoms with Crippen LogP contribution in [-0.2, 0) is 19.4 Å². The van der Waals surface area contributed by atoms with E-state index in [1.54, 1.807) is 37.4 Å². The van der Waals surface area contributed by atoms with Crippen molar-refractivity contribution < 1.29 is 18.5 Å². The minimum atomic E-state index is -0.455. The zero-order valence-electron chi connectivity index (χ0n) is 17.1. The molecule has 0 heterocycles. The van der Waals surface area contributed by atoms with Gasteiger partial charge in [-0.05, 0) is 66.8 Å². The van der Waals surface area contributed by atoms with Crippen LogP contribution in [0.4, 0.5) is 14.5 Å². The first-order chi connectivity index (χ1) is 14.8. The monoisotopic (exact) mass is 424 g/mol. The fourth-order valence-corrected chi connectivity index (χ4v) is 3.39. The summed E-state index contributed by atoms with van der Waals surface area (Å²) in [5.41, 5.74) is 2.52. The second-order valence-corrected chi connectivity index (χ2v) is 7.37. The highest BCUT2D eigenvalue weighted by atomic mass is 19.1. The van der Waals surface area contributed by atoms with Crippen molar-refractivity contribution in [1.29, 1.82) is 0 Å². The lowest BCUT2D eigenvalue weighted by Crippen LogP contribution is -2.26. The summed E-state index contributed by atoms with van der Waals surface area (Å²) < 4.78 is 26.1. The molecule has 0 aliphatic heterocycles. The standard InChI is InChI=1S/C24H22F2N2O3/c1-27(16-18-7-12-22(26)13-8-18)24(29)20-9-14-23(28(30)31)19(15-20)4-2-3-17-5-10-21(25)11-6-17/h5-15H,2-4,16H2,1H3. The molecule has 3 aromatic carbocycles. The van der Waals surface area contributed by atoms with Crippen LogP contribution in [0.15, 0.2) is 66.7 Å². The van der Waals surface area contributed by atoms with Gasteiger partial charge in [0.05, 0.1) is 4.92 Å². The number of carbonyl (C=O) groups is 1. The van der Waals surface area contributed by atoms with Crippen LogP contribution in [0, 0.1) is 21.7 Å². The van der Waals surface area contributed by atoms with Crippen molar-refractivity contribution in [3.05, 3.63) is 111 Å². The Morgan fingerprint density at radius 1 is 0.903 bits per heavy atom. The molecule has 0 saturated carbocycles. The summed E-state index contributed by atoms with van der Waals surface area (Å²) in [6.07, 6.45) is 1.67. The van der Waals surface area contributed by atoms with Crippen molar-refractivity contribution in [3.8, 4) is 0 Å². The molecule has 31 heavy (non-hydrogen) atoms. The Morgan fingerprint density at radius 3 is 2.06 bits per heavy atom. The number of hydrogen-bond acceptors (Lipinski definition) is 3. The Balaban J connectivity index is 1.71. The summed E-state index contributed by atoms with van der Waals surface area (Å²) in [7, 11) is 1.63. The van der Waals surface area contributed by atoms with E-state index in [-0.39, 0.29) is 29.8 Å². The molecule has 3 aromatic rings. The SMILES string of the molecule is CN(Cc1ccc(F)cc1)C(=O)c1ccc([N+](=O)[O-])c(CCCc2ccc(F)cc2)c1. The summed E-state index contributed by atoms with van der Waals surface area (Å²) in [4.78, 5) is 25.3. The highest BCUT2D eigenvalue weighted by Gasteiger charge is 2.19. The number of halogens is 2. The van der Waals surface area contributed by atoms with Crippen molar-refractivity contribution >= 4 is 11.6 Å². The molecule has 0 aliphatic rings. The highest BCUT2D eigenvalue weighted by Crippen LogP contribution is 2.23. The van der Waals surface area contributed by atoms with E-state index in [1.165, 1.54) is 41.3 Å². The molecule has 1 amide bonds. The van der Waals surface area contributed by atoms with Gasteiger partial charge in [-0.1, -0.05) is 24.3 Å². The third kappa shape index (κ3) is 5.94. The van der Waals surface area contributed by atoms with Crippen molar-refractivity contribution in [1.82, 2.24) is 4.90 Å². The average molecular weight is 424 g/mol. The van der Waals surface area contributed by atoms with E-state index < -0.39 is 4.92 Å². The molecule has 0 spiro atoms. The maximum Gasteiger partial charge on any atom is 0.272 e. The van der Waals surface area contributed by atoms with Gasteiger partial charge in [0.15, 0.2) is 0 Å². The predicted octanol–water partition coefficient (Wildman–Crippen LogP) is 5.32. The number of benzene rings is 3. The number of aryl methyl sites for hydroxylation is 2. The van der Waals surface area contributed by atoms with E-state index in [0.29, 0.717) is 30.4 Å². The molecule has 0 radical (unpaired) electrons. The number of nitro benzene ring substituents is 1. The number of nitrogens with zero attached hydrogens (tertiary/aromatic N) is 2. The maximum atomic E-state index is 13.1. The molecule has 0 unspecified atom stereocenters. The lowest BCUT2D eigenvalue weighted by Gasteiger charge is -2.18. The van der Waals surface area contributed by atoms with Gasteiger partial charge in [-0.2, -0.15) is 0 Å². The first kappa shape index (κ1) is 22.1. The largest absolute Gasteiger partial charge is 0.337 e. The van der Waals surface area contributed by atoms with Crippen molar-refractivity contribution in [2.75, 3.05) is 7.05 Å². The summed E-state index contributed by atoms with van der Waals surface area (Å²) >= 11 is 0. The Kier molecular flexibility index (Phi) is 7.07. The van der Waals surface area contributed by atoms with E-state index in [0.717, 1.165) is 11.1 Å². The molecule has 7 heteroatoms. The minimum absolute atomic E-state index is 0.0307. The third-order valence-corrected chi connectivity index (χ3v) is 5.03. The summed E-state index contributed by atoms with van der Waals surface area (Å²) in [6.45, 7) is 0.288. The van der Waals surface area contributed by atoms with Crippen molar-refractivity contribution in [2.24, 2.45) is 0 Å². The van der Waals surface area contributed by atoms with Crippen LogP contribution in [0.25, 0.3) is 0 Å². The molecule has 0 bridgehead atoms. The van der Waals surface area contributed by atoms with Crippen LogP contribution in [0.5, 0.6) is 0 Å². The first-order valence-corrected chi connectivity index (χ1v) is 9.85. The lowest BCUT2D eigenvalue weighted by molar-refractivity contribution is -0.385. The quantitative estimate of drug-likeness (QED) is 0.363. The van der Waals surface area contributed by atoms with Crippen LogP contribution in [0.1, 0.15) is 33.5 Å². The van der Waals surface area contributed by atoms with E-state index in [9.17, 15) is 23.7 Å². The third-order valence-electron chi connectivity index (χ3n) is 5.03. The van der Waals surface area contributed by atoms with Gasteiger partial charge in [0.25, 0.3) is 11.6 Å². The van der Waals surface area contributed by atoms with Gasteiger partial charge in [0.2, 0.25) is 0 Å². The van der Waals surface area contributed by atoms with Gasteiger partial charge in [-0.3, -0.25) is 14.9 Å². The Bertz CT molecular complexity index is 1070. The van der Waals surface area contributed by atoms with Crippen LogP contribution in [0.3, 0.4) is 0 Å². The Morgan fingerprint density at radius 2 is 1.48 bits per heavy atom. The summed E-state index contributed by atoms with van der Waals surface area (Å²) in [5.74, 6) is -0.937. The molecule has 0 aromatic heterocycles. The van der Waals surface area contributed by atoms with E-state index in [2.05, 4.69) is 0 Å². The zero-order chi connectivity index (χ0) is 22.4. The first-order valence-electron chi connectivity index (χ1n) is 9.85. The molecular formula is C24H22F2N2O3. The normalized spacial score (nSPS) is 10.7. The molecule has 0 saturated heterocycles. The summed E-state index contributed by atoms with van der Waals surface area (Å²) in [6, 6.07) is 16.4. The fraction of sp³-hybridized carbons (Fsp3) is 0.208. The topological polar surface area (TPSA) is 63.5 Å².